The third kappa shape index (κ3) is 3.23. The Hall–Kier alpha value is -2.27. The van der Waals surface area contributed by atoms with Gasteiger partial charge < -0.3 is 9.64 Å². The maximum atomic E-state index is 14.3. The molecule has 1 saturated heterocycles. The number of benzene rings is 2. The smallest absolute Gasteiger partial charge is 0.257 e. The van der Waals surface area contributed by atoms with E-state index in [1.807, 2.05) is 30.3 Å². The van der Waals surface area contributed by atoms with Gasteiger partial charge in [-0.25, -0.2) is 8.78 Å². The fourth-order valence-electron chi connectivity index (χ4n) is 3.52. The van der Waals surface area contributed by atoms with Crippen LogP contribution in [-0.4, -0.2) is 30.0 Å². The number of carbonyl (C=O) groups excluding carboxylic acids is 1. The van der Waals surface area contributed by atoms with Crippen LogP contribution in [0, 0.1) is 24.5 Å². The van der Waals surface area contributed by atoms with Gasteiger partial charge in [-0.3, -0.25) is 4.79 Å². The standard InChI is InChI=1S/C21H21F2NO2/c1-13-7-10-16(20(23)19(13)22)21(25)24-11-17(14-5-3-2-4-6-14)26-18(12-24)15-8-9-15/h2-7,10,15,17-18H,8-9,11-12H2,1H3/t17-,18+/m0/s1. The molecule has 2 aromatic carbocycles. The lowest BCUT2D eigenvalue weighted by atomic mass is 10.0. The van der Waals surface area contributed by atoms with E-state index < -0.39 is 17.5 Å². The minimum Gasteiger partial charge on any atom is -0.366 e. The summed E-state index contributed by atoms with van der Waals surface area (Å²) in [5, 5.41) is 0. The van der Waals surface area contributed by atoms with Gasteiger partial charge in [-0.2, -0.15) is 0 Å². The second-order valence-electron chi connectivity index (χ2n) is 7.18. The summed E-state index contributed by atoms with van der Waals surface area (Å²) < 4.78 is 34.4. The molecule has 1 amide bonds. The van der Waals surface area contributed by atoms with E-state index in [-0.39, 0.29) is 23.3 Å². The van der Waals surface area contributed by atoms with Gasteiger partial charge in [0.2, 0.25) is 0 Å². The number of hydrogen-bond donors (Lipinski definition) is 0. The number of nitrogens with zero attached hydrogens (tertiary/aromatic N) is 1. The van der Waals surface area contributed by atoms with Crippen LogP contribution in [0.1, 0.15) is 40.4 Å². The number of rotatable bonds is 3. The van der Waals surface area contributed by atoms with E-state index in [1.165, 1.54) is 19.1 Å². The highest BCUT2D eigenvalue weighted by Crippen LogP contribution is 2.39. The number of morpholine rings is 1. The molecule has 1 heterocycles. The highest BCUT2D eigenvalue weighted by molar-refractivity contribution is 5.94. The number of aryl methyl sites for hydroxylation is 1. The Morgan fingerprint density at radius 1 is 1.04 bits per heavy atom. The van der Waals surface area contributed by atoms with Crippen molar-refractivity contribution in [1.29, 1.82) is 0 Å². The van der Waals surface area contributed by atoms with E-state index in [1.54, 1.807) is 4.90 Å². The van der Waals surface area contributed by atoms with Crippen molar-refractivity contribution in [1.82, 2.24) is 4.90 Å². The molecule has 0 N–H and O–H groups in total. The Kier molecular flexibility index (Phi) is 4.49. The molecule has 1 saturated carbocycles. The van der Waals surface area contributed by atoms with Gasteiger partial charge in [0.1, 0.15) is 6.10 Å². The lowest BCUT2D eigenvalue weighted by Crippen LogP contribution is -2.48. The highest BCUT2D eigenvalue weighted by Gasteiger charge is 2.40. The van der Waals surface area contributed by atoms with Crippen molar-refractivity contribution in [2.45, 2.75) is 32.0 Å². The molecule has 5 heteroatoms. The zero-order valence-electron chi connectivity index (χ0n) is 14.6. The van der Waals surface area contributed by atoms with Crippen molar-refractivity contribution in [3.05, 3.63) is 70.8 Å². The van der Waals surface area contributed by atoms with Gasteiger partial charge in [0.15, 0.2) is 11.6 Å². The second kappa shape index (κ2) is 6.80. The van der Waals surface area contributed by atoms with Gasteiger partial charge in [-0.05, 0) is 42.9 Å². The summed E-state index contributed by atoms with van der Waals surface area (Å²) in [6, 6.07) is 12.5. The van der Waals surface area contributed by atoms with Crippen LogP contribution in [0.5, 0.6) is 0 Å². The zero-order chi connectivity index (χ0) is 18.3. The van der Waals surface area contributed by atoms with E-state index in [9.17, 15) is 13.6 Å². The molecular weight excluding hydrogens is 336 g/mol. The minimum absolute atomic E-state index is 0.0590. The van der Waals surface area contributed by atoms with E-state index in [4.69, 9.17) is 4.74 Å². The Morgan fingerprint density at radius 2 is 1.77 bits per heavy atom. The zero-order valence-corrected chi connectivity index (χ0v) is 14.6. The normalized spacial score (nSPS) is 23.1. The van der Waals surface area contributed by atoms with E-state index in [0.717, 1.165) is 18.4 Å². The van der Waals surface area contributed by atoms with Crippen molar-refractivity contribution >= 4 is 5.91 Å². The van der Waals surface area contributed by atoms with Crippen LogP contribution in [0.4, 0.5) is 8.78 Å². The van der Waals surface area contributed by atoms with Gasteiger partial charge in [0, 0.05) is 6.54 Å². The van der Waals surface area contributed by atoms with Crippen molar-refractivity contribution in [3.63, 3.8) is 0 Å². The summed E-state index contributed by atoms with van der Waals surface area (Å²) in [6.07, 6.45) is 1.86. The SMILES string of the molecule is Cc1ccc(C(=O)N2C[C@@H](c3ccccc3)O[C@@H](C3CC3)C2)c(F)c1F. The lowest BCUT2D eigenvalue weighted by Gasteiger charge is -2.38. The maximum absolute atomic E-state index is 14.3. The molecule has 0 unspecified atom stereocenters. The Labute approximate surface area is 151 Å². The van der Waals surface area contributed by atoms with Crippen LogP contribution in [0.25, 0.3) is 0 Å². The molecule has 26 heavy (non-hydrogen) atoms. The number of ether oxygens (including phenoxy) is 1. The summed E-state index contributed by atoms with van der Waals surface area (Å²) in [7, 11) is 0. The molecule has 1 aliphatic heterocycles. The van der Waals surface area contributed by atoms with E-state index in [2.05, 4.69) is 0 Å². The first kappa shape index (κ1) is 17.2. The number of amides is 1. The predicted octanol–water partition coefficient (Wildman–Crippen LogP) is 4.27. The maximum Gasteiger partial charge on any atom is 0.257 e. The third-order valence-corrected chi connectivity index (χ3v) is 5.24. The van der Waals surface area contributed by atoms with Gasteiger partial charge >= 0.3 is 0 Å². The summed E-state index contributed by atoms with van der Waals surface area (Å²) in [5.41, 5.74) is 0.974. The van der Waals surface area contributed by atoms with Crippen molar-refractivity contribution in [2.24, 2.45) is 5.92 Å². The molecule has 4 rings (SSSR count). The molecule has 2 fully saturated rings. The third-order valence-electron chi connectivity index (χ3n) is 5.24. The first-order chi connectivity index (χ1) is 12.5. The second-order valence-corrected chi connectivity index (χ2v) is 7.18. The summed E-state index contributed by atoms with van der Waals surface area (Å²) in [6.45, 7) is 2.23. The Morgan fingerprint density at radius 3 is 2.46 bits per heavy atom. The molecule has 3 nitrogen and oxygen atoms in total. The molecule has 0 bridgehead atoms. The highest BCUT2D eigenvalue weighted by atomic mass is 19.2. The van der Waals surface area contributed by atoms with Crippen LogP contribution in [0.15, 0.2) is 42.5 Å². The first-order valence-electron chi connectivity index (χ1n) is 8.99. The van der Waals surface area contributed by atoms with Crippen LogP contribution >= 0.6 is 0 Å². The average molecular weight is 357 g/mol. The van der Waals surface area contributed by atoms with Crippen LogP contribution < -0.4 is 0 Å². The summed E-state index contributed by atoms with van der Waals surface area (Å²) in [4.78, 5) is 14.5. The minimum atomic E-state index is -1.07. The molecular formula is C21H21F2NO2. The largest absolute Gasteiger partial charge is 0.366 e. The number of halogens is 2. The van der Waals surface area contributed by atoms with Gasteiger partial charge in [-0.15, -0.1) is 0 Å². The Bertz CT molecular complexity index is 820. The average Bonchev–Trinajstić information content (AvgIpc) is 3.51. The monoisotopic (exact) mass is 357 g/mol. The lowest BCUT2D eigenvalue weighted by molar-refractivity contribution is -0.0864. The topological polar surface area (TPSA) is 29.5 Å². The van der Waals surface area contributed by atoms with Gasteiger partial charge in [-0.1, -0.05) is 36.4 Å². The van der Waals surface area contributed by atoms with Gasteiger partial charge in [0.25, 0.3) is 5.91 Å². The number of hydrogen-bond acceptors (Lipinski definition) is 2. The van der Waals surface area contributed by atoms with Crippen molar-refractivity contribution < 1.29 is 18.3 Å². The molecule has 0 radical (unpaired) electrons. The van der Waals surface area contributed by atoms with E-state index in [0.29, 0.717) is 19.0 Å². The van der Waals surface area contributed by atoms with Crippen molar-refractivity contribution in [3.8, 4) is 0 Å². The predicted molar refractivity (Wildman–Crippen MR) is 93.8 cm³/mol. The molecule has 1 aliphatic carbocycles. The van der Waals surface area contributed by atoms with Crippen LogP contribution in [-0.2, 0) is 4.74 Å². The van der Waals surface area contributed by atoms with Crippen LogP contribution in [0.2, 0.25) is 0 Å². The molecule has 0 spiro atoms. The van der Waals surface area contributed by atoms with Crippen molar-refractivity contribution in [2.75, 3.05) is 13.1 Å². The molecule has 136 valence electrons. The molecule has 2 atom stereocenters. The Balaban J connectivity index is 1.62. The molecule has 2 aromatic rings. The van der Waals surface area contributed by atoms with Gasteiger partial charge in [0.05, 0.1) is 18.2 Å². The summed E-state index contributed by atoms with van der Waals surface area (Å²) in [5.74, 6) is -2.06. The van der Waals surface area contributed by atoms with Crippen LogP contribution in [0.3, 0.4) is 0 Å². The fourth-order valence-corrected chi connectivity index (χ4v) is 3.52. The quantitative estimate of drug-likeness (QED) is 0.821. The van der Waals surface area contributed by atoms with E-state index >= 15 is 0 Å². The molecule has 2 aliphatic rings. The first-order valence-corrected chi connectivity index (χ1v) is 8.99. The summed E-state index contributed by atoms with van der Waals surface area (Å²) >= 11 is 0. The molecule has 0 aromatic heterocycles. The number of carbonyl (C=O) groups is 1. The fraction of sp³-hybridized carbons (Fsp3) is 0.381.